The van der Waals surface area contributed by atoms with Crippen LogP contribution in [0.2, 0.25) is 0 Å². The molecule has 3 aromatic rings. The number of ether oxygens (including phenoxy) is 3. The number of hydrogen-bond donors (Lipinski definition) is 1. The highest BCUT2D eigenvalue weighted by Crippen LogP contribution is 2.19. The summed E-state index contributed by atoms with van der Waals surface area (Å²) >= 11 is 0. The molecule has 178 valence electrons. The van der Waals surface area contributed by atoms with Crippen LogP contribution in [0, 0.1) is 0 Å². The zero-order valence-electron chi connectivity index (χ0n) is 19.3. The molecule has 0 saturated carbocycles. The third kappa shape index (κ3) is 7.51. The molecule has 3 rings (SSSR count). The Morgan fingerprint density at radius 3 is 2.38 bits per heavy atom. The molecule has 0 saturated heterocycles. The van der Waals surface area contributed by atoms with E-state index >= 15 is 0 Å². The molecule has 8 heteroatoms. The third-order valence-corrected chi connectivity index (χ3v) is 5.04. The topological polar surface area (TPSA) is 98.2 Å². The molecule has 0 fully saturated rings. The normalized spacial score (nSPS) is 10.4. The van der Waals surface area contributed by atoms with Gasteiger partial charge in [-0.2, -0.15) is 0 Å². The lowest BCUT2D eigenvalue weighted by Gasteiger charge is -2.20. The van der Waals surface area contributed by atoms with E-state index in [2.05, 4.69) is 18.0 Å². The highest BCUT2D eigenvalue weighted by Gasteiger charge is 2.20. The zero-order valence-corrected chi connectivity index (χ0v) is 19.3. The number of aliphatic carboxylic acids is 1. The van der Waals surface area contributed by atoms with Crippen LogP contribution in [-0.2, 0) is 24.2 Å². The van der Waals surface area contributed by atoms with Gasteiger partial charge in [0.25, 0.3) is 0 Å². The number of nitrogens with zero attached hydrogens (tertiary/aromatic N) is 2. The third-order valence-electron chi connectivity index (χ3n) is 5.04. The summed E-state index contributed by atoms with van der Waals surface area (Å²) in [7, 11) is 1.54. The molecule has 8 nitrogen and oxygen atoms in total. The van der Waals surface area contributed by atoms with E-state index in [4.69, 9.17) is 14.2 Å². The van der Waals surface area contributed by atoms with Gasteiger partial charge >= 0.3 is 12.1 Å². The lowest BCUT2D eigenvalue weighted by molar-refractivity contribution is -0.138. The van der Waals surface area contributed by atoms with E-state index in [1.807, 2.05) is 18.3 Å². The first-order chi connectivity index (χ1) is 16.5. The molecule has 0 aliphatic heterocycles. The summed E-state index contributed by atoms with van der Waals surface area (Å²) in [5.74, 6) is 0.397. The van der Waals surface area contributed by atoms with Crippen molar-refractivity contribution in [3.8, 4) is 17.2 Å². The van der Waals surface area contributed by atoms with Gasteiger partial charge in [0.1, 0.15) is 23.8 Å². The standard InChI is InChI=1S/C26H28N2O6/c1-3-19-7-8-21(27-16-19)13-14-33-24-6-4-5-20(15-24)17-28(18-25(29)30)26(31)34-23-11-9-22(32-2)10-12-23/h4-12,15-16H,3,13-14,17-18H2,1-2H3,(H,29,30). The fourth-order valence-electron chi connectivity index (χ4n) is 3.20. The Morgan fingerprint density at radius 1 is 0.971 bits per heavy atom. The number of aromatic nitrogens is 1. The average Bonchev–Trinajstić information content (AvgIpc) is 2.84. The monoisotopic (exact) mass is 464 g/mol. The van der Waals surface area contributed by atoms with Gasteiger partial charge in [-0.25, -0.2) is 4.79 Å². The van der Waals surface area contributed by atoms with Crippen LogP contribution < -0.4 is 14.2 Å². The van der Waals surface area contributed by atoms with E-state index in [0.29, 0.717) is 30.3 Å². The van der Waals surface area contributed by atoms with Crippen LogP contribution in [0.4, 0.5) is 4.79 Å². The van der Waals surface area contributed by atoms with E-state index in [0.717, 1.165) is 22.6 Å². The molecule has 1 N–H and O–H groups in total. The molecule has 0 atom stereocenters. The van der Waals surface area contributed by atoms with Crippen molar-refractivity contribution >= 4 is 12.1 Å². The number of pyridine rings is 1. The highest BCUT2D eigenvalue weighted by molar-refractivity contribution is 5.78. The van der Waals surface area contributed by atoms with E-state index in [1.165, 1.54) is 12.7 Å². The Hall–Kier alpha value is -4.07. The van der Waals surface area contributed by atoms with Crippen LogP contribution in [0.15, 0.2) is 66.9 Å². The second-order valence-electron chi connectivity index (χ2n) is 7.55. The van der Waals surface area contributed by atoms with Crippen molar-refractivity contribution < 1.29 is 28.9 Å². The minimum Gasteiger partial charge on any atom is -0.497 e. The highest BCUT2D eigenvalue weighted by atomic mass is 16.6. The van der Waals surface area contributed by atoms with Gasteiger partial charge in [0.2, 0.25) is 0 Å². The number of carbonyl (C=O) groups excluding carboxylic acids is 1. The molecule has 0 aliphatic rings. The van der Waals surface area contributed by atoms with Crippen molar-refractivity contribution in [1.29, 1.82) is 0 Å². The molecular formula is C26H28N2O6. The lowest BCUT2D eigenvalue weighted by atomic mass is 10.2. The lowest BCUT2D eigenvalue weighted by Crippen LogP contribution is -2.37. The fraction of sp³-hybridized carbons (Fsp3) is 0.269. The Kier molecular flexibility index (Phi) is 8.85. The summed E-state index contributed by atoms with van der Waals surface area (Å²) in [5.41, 5.74) is 2.85. The van der Waals surface area contributed by atoms with Crippen molar-refractivity contribution in [1.82, 2.24) is 9.88 Å². The van der Waals surface area contributed by atoms with E-state index in [-0.39, 0.29) is 6.54 Å². The van der Waals surface area contributed by atoms with Crippen molar-refractivity contribution in [3.05, 3.63) is 83.7 Å². The molecule has 2 aromatic carbocycles. The number of amides is 1. The molecular weight excluding hydrogens is 436 g/mol. The number of aryl methyl sites for hydroxylation is 1. The first-order valence-electron chi connectivity index (χ1n) is 10.9. The first-order valence-corrected chi connectivity index (χ1v) is 10.9. The first kappa shape index (κ1) is 24.6. The molecule has 0 unspecified atom stereocenters. The van der Waals surface area contributed by atoms with E-state index in [9.17, 15) is 14.7 Å². The summed E-state index contributed by atoms with van der Waals surface area (Å²) in [6, 6.07) is 17.7. The number of carboxylic acid groups (broad SMARTS) is 1. The van der Waals surface area contributed by atoms with E-state index < -0.39 is 18.6 Å². The maximum Gasteiger partial charge on any atom is 0.416 e. The number of methoxy groups -OCH3 is 1. The number of rotatable bonds is 11. The van der Waals surface area contributed by atoms with Gasteiger partial charge in [-0.1, -0.05) is 25.1 Å². The Labute approximate surface area is 198 Å². The predicted octanol–water partition coefficient (Wildman–Crippen LogP) is 4.36. The van der Waals surface area contributed by atoms with Gasteiger partial charge in [0.05, 0.1) is 13.7 Å². The molecule has 0 bridgehead atoms. The second-order valence-corrected chi connectivity index (χ2v) is 7.55. The van der Waals surface area contributed by atoms with Crippen LogP contribution in [0.25, 0.3) is 0 Å². The maximum absolute atomic E-state index is 12.6. The smallest absolute Gasteiger partial charge is 0.416 e. The van der Waals surface area contributed by atoms with Gasteiger partial charge in [-0.15, -0.1) is 0 Å². The number of carboxylic acids is 1. The number of benzene rings is 2. The van der Waals surface area contributed by atoms with Crippen LogP contribution in [0.1, 0.15) is 23.7 Å². The second kappa shape index (κ2) is 12.2. The van der Waals surface area contributed by atoms with Crippen molar-refractivity contribution in [3.63, 3.8) is 0 Å². The zero-order chi connectivity index (χ0) is 24.3. The van der Waals surface area contributed by atoms with E-state index in [1.54, 1.807) is 42.5 Å². The molecule has 1 heterocycles. The van der Waals surface area contributed by atoms with Gasteiger partial charge in [0.15, 0.2) is 0 Å². The summed E-state index contributed by atoms with van der Waals surface area (Å²) in [5, 5.41) is 9.26. The molecule has 1 aromatic heterocycles. The van der Waals surface area contributed by atoms with Crippen LogP contribution >= 0.6 is 0 Å². The molecule has 1 amide bonds. The average molecular weight is 465 g/mol. The SMILES string of the molecule is CCc1ccc(CCOc2cccc(CN(CC(=O)O)C(=O)Oc3ccc(OC)cc3)c2)nc1. The largest absolute Gasteiger partial charge is 0.497 e. The summed E-state index contributed by atoms with van der Waals surface area (Å²) in [6.45, 7) is 2.08. The van der Waals surface area contributed by atoms with Gasteiger partial charge < -0.3 is 19.3 Å². The van der Waals surface area contributed by atoms with Gasteiger partial charge in [-0.3, -0.25) is 14.7 Å². The summed E-state index contributed by atoms with van der Waals surface area (Å²) in [6.07, 6.45) is 2.72. The molecule has 34 heavy (non-hydrogen) atoms. The minimum atomic E-state index is -1.14. The molecule has 0 spiro atoms. The van der Waals surface area contributed by atoms with Crippen LogP contribution in [0.3, 0.4) is 0 Å². The van der Waals surface area contributed by atoms with Crippen molar-refractivity contribution in [2.24, 2.45) is 0 Å². The Morgan fingerprint density at radius 2 is 1.74 bits per heavy atom. The van der Waals surface area contributed by atoms with Crippen LogP contribution in [0.5, 0.6) is 17.2 Å². The number of carbonyl (C=O) groups is 2. The summed E-state index contributed by atoms with van der Waals surface area (Å²) < 4.78 is 16.3. The Balaban J connectivity index is 1.60. The fourth-order valence-corrected chi connectivity index (χ4v) is 3.20. The predicted molar refractivity (Wildman–Crippen MR) is 126 cm³/mol. The van der Waals surface area contributed by atoms with Gasteiger partial charge in [0, 0.05) is 24.9 Å². The molecule has 0 aliphatic carbocycles. The van der Waals surface area contributed by atoms with Crippen molar-refractivity contribution in [2.75, 3.05) is 20.3 Å². The van der Waals surface area contributed by atoms with Crippen molar-refractivity contribution in [2.45, 2.75) is 26.3 Å². The number of hydrogen-bond acceptors (Lipinski definition) is 6. The Bertz CT molecular complexity index is 1080. The van der Waals surface area contributed by atoms with Gasteiger partial charge in [-0.05, 0) is 60.0 Å². The quantitative estimate of drug-likeness (QED) is 0.450. The van der Waals surface area contributed by atoms with Crippen LogP contribution in [-0.4, -0.2) is 47.3 Å². The molecule has 0 radical (unpaired) electrons. The summed E-state index contributed by atoms with van der Waals surface area (Å²) in [4.78, 5) is 29.5. The minimum absolute atomic E-state index is 0.0541. The maximum atomic E-state index is 12.6.